The average molecular weight is 430 g/mol. The summed E-state index contributed by atoms with van der Waals surface area (Å²) in [6.07, 6.45) is -6.15. The highest BCUT2D eigenvalue weighted by Crippen LogP contribution is 2.31. The Morgan fingerprint density at radius 1 is 1.13 bits per heavy atom. The Labute approximate surface area is 168 Å². The molecule has 0 saturated carbocycles. The van der Waals surface area contributed by atoms with Crippen molar-refractivity contribution in [2.45, 2.75) is 39.2 Å². The van der Waals surface area contributed by atoms with Crippen LogP contribution in [0, 0.1) is 6.92 Å². The monoisotopic (exact) mass is 430 g/mol. The van der Waals surface area contributed by atoms with E-state index in [-0.39, 0.29) is 12.3 Å². The molecular weight excluding hydrogens is 411 g/mol. The van der Waals surface area contributed by atoms with Crippen molar-refractivity contribution < 1.29 is 31.4 Å². The van der Waals surface area contributed by atoms with Crippen molar-refractivity contribution in [3.63, 3.8) is 0 Å². The van der Waals surface area contributed by atoms with Crippen LogP contribution in [-0.2, 0) is 15.6 Å². The first-order chi connectivity index (χ1) is 14.0. The number of fused-ring (bicyclic) bond motifs is 1. The Kier molecular flexibility index (Phi) is 6.04. The molecule has 6 nitrogen and oxygen atoms in total. The average Bonchev–Trinajstić information content (AvgIpc) is 3.09. The van der Waals surface area contributed by atoms with Crippen molar-refractivity contribution in [1.29, 1.82) is 0 Å². The van der Waals surface area contributed by atoms with Gasteiger partial charge in [0.1, 0.15) is 6.61 Å². The summed E-state index contributed by atoms with van der Waals surface area (Å²) in [6.45, 7) is 3.13. The predicted octanol–water partition coefficient (Wildman–Crippen LogP) is 4.83. The molecule has 3 rings (SSSR count). The van der Waals surface area contributed by atoms with E-state index in [4.69, 9.17) is 4.74 Å². The number of aryl methyl sites for hydroxylation is 1. The molecule has 1 atom stereocenters. The number of ether oxygens (including phenoxy) is 2. The summed E-state index contributed by atoms with van der Waals surface area (Å²) in [4.78, 5) is 4.23. The first kappa shape index (κ1) is 22.0. The van der Waals surface area contributed by atoms with Crippen molar-refractivity contribution >= 4 is 5.65 Å². The molecule has 3 aromatic rings. The van der Waals surface area contributed by atoms with Crippen LogP contribution in [-0.4, -0.2) is 39.0 Å². The van der Waals surface area contributed by atoms with E-state index < -0.39 is 30.8 Å². The second-order valence-electron chi connectivity index (χ2n) is 6.62. The molecule has 2 aromatic heterocycles. The van der Waals surface area contributed by atoms with Crippen molar-refractivity contribution in [2.24, 2.45) is 0 Å². The van der Waals surface area contributed by atoms with Gasteiger partial charge >= 0.3 is 12.3 Å². The fourth-order valence-electron chi connectivity index (χ4n) is 2.93. The standard InChI is InChI=1S/C19H19F5N4O2/c1-4-30-19(23,24)17-27-26-16-8-25-15(9-28(16)17)14-6-5-13(7-11(14)2)12(3)29-10-18(20,21)22/h5-9,12H,4,10H2,1-3H3/t12-/m1/s1. The molecule has 0 fully saturated rings. The Hall–Kier alpha value is -2.66. The molecule has 0 aliphatic rings. The van der Waals surface area contributed by atoms with E-state index in [0.29, 0.717) is 22.4 Å². The number of halogens is 5. The van der Waals surface area contributed by atoms with Gasteiger partial charge < -0.3 is 9.47 Å². The van der Waals surface area contributed by atoms with Gasteiger partial charge in [-0.3, -0.25) is 9.38 Å². The van der Waals surface area contributed by atoms with Crippen LogP contribution in [0.2, 0.25) is 0 Å². The molecule has 30 heavy (non-hydrogen) atoms. The molecule has 0 saturated heterocycles. The fourth-order valence-corrected chi connectivity index (χ4v) is 2.93. The van der Waals surface area contributed by atoms with Crippen LogP contribution >= 0.6 is 0 Å². The lowest BCUT2D eigenvalue weighted by Crippen LogP contribution is -2.21. The topological polar surface area (TPSA) is 61.5 Å². The molecular formula is C19H19F5N4O2. The lowest BCUT2D eigenvalue weighted by molar-refractivity contribution is -0.251. The fraction of sp³-hybridized carbons (Fsp3) is 0.421. The van der Waals surface area contributed by atoms with Gasteiger partial charge in [0.2, 0.25) is 5.82 Å². The van der Waals surface area contributed by atoms with E-state index in [1.165, 1.54) is 26.2 Å². The third kappa shape index (κ3) is 4.73. The number of nitrogens with zero attached hydrogens (tertiary/aromatic N) is 4. The van der Waals surface area contributed by atoms with Crippen molar-refractivity contribution in [1.82, 2.24) is 19.6 Å². The Balaban J connectivity index is 1.92. The van der Waals surface area contributed by atoms with Crippen molar-refractivity contribution in [3.8, 4) is 11.3 Å². The number of aromatic nitrogens is 4. The highest BCUT2D eigenvalue weighted by molar-refractivity contribution is 5.64. The normalized spacial score (nSPS) is 13.7. The summed E-state index contributed by atoms with van der Waals surface area (Å²) < 4.78 is 75.8. The molecule has 0 radical (unpaired) electrons. The lowest BCUT2D eigenvalue weighted by Gasteiger charge is -2.17. The maximum Gasteiger partial charge on any atom is 0.418 e. The van der Waals surface area contributed by atoms with Crippen LogP contribution in [0.4, 0.5) is 22.0 Å². The van der Waals surface area contributed by atoms with Crippen LogP contribution in [0.15, 0.2) is 30.6 Å². The predicted molar refractivity (Wildman–Crippen MR) is 96.9 cm³/mol. The van der Waals surface area contributed by atoms with Gasteiger partial charge in [-0.2, -0.15) is 22.0 Å². The van der Waals surface area contributed by atoms with Crippen LogP contribution in [0.3, 0.4) is 0 Å². The number of alkyl halides is 5. The molecule has 0 aliphatic heterocycles. The second kappa shape index (κ2) is 8.23. The number of benzene rings is 1. The zero-order chi connectivity index (χ0) is 22.1. The summed E-state index contributed by atoms with van der Waals surface area (Å²) in [5.41, 5.74) is 2.34. The smallest absolute Gasteiger partial charge is 0.364 e. The van der Waals surface area contributed by atoms with Gasteiger partial charge in [-0.1, -0.05) is 18.2 Å². The highest BCUT2D eigenvalue weighted by atomic mass is 19.4. The van der Waals surface area contributed by atoms with E-state index in [1.54, 1.807) is 25.1 Å². The minimum atomic E-state index is -4.41. The number of hydrogen-bond donors (Lipinski definition) is 0. The number of rotatable bonds is 7. The Bertz CT molecular complexity index is 1040. The van der Waals surface area contributed by atoms with E-state index >= 15 is 0 Å². The lowest BCUT2D eigenvalue weighted by atomic mass is 10.0. The molecule has 0 unspecified atom stereocenters. The largest absolute Gasteiger partial charge is 0.418 e. The molecule has 0 amide bonds. The zero-order valence-corrected chi connectivity index (χ0v) is 16.4. The van der Waals surface area contributed by atoms with Crippen LogP contribution in [0.1, 0.15) is 36.9 Å². The second-order valence-corrected chi connectivity index (χ2v) is 6.62. The maximum atomic E-state index is 14.2. The van der Waals surface area contributed by atoms with E-state index in [2.05, 4.69) is 19.9 Å². The zero-order valence-electron chi connectivity index (χ0n) is 16.4. The van der Waals surface area contributed by atoms with E-state index in [0.717, 1.165) is 4.40 Å². The van der Waals surface area contributed by atoms with E-state index in [9.17, 15) is 22.0 Å². The molecule has 162 valence electrons. The van der Waals surface area contributed by atoms with Crippen LogP contribution < -0.4 is 0 Å². The summed E-state index contributed by atoms with van der Waals surface area (Å²) in [5.74, 6) is -0.675. The summed E-state index contributed by atoms with van der Waals surface area (Å²) in [6, 6.07) is 4.93. The van der Waals surface area contributed by atoms with Gasteiger partial charge in [-0.25, -0.2) is 0 Å². The van der Waals surface area contributed by atoms with Crippen LogP contribution in [0.25, 0.3) is 16.9 Å². The Morgan fingerprint density at radius 2 is 1.87 bits per heavy atom. The van der Waals surface area contributed by atoms with Gasteiger partial charge in [0.15, 0.2) is 5.65 Å². The van der Waals surface area contributed by atoms with Gasteiger partial charge in [0.05, 0.1) is 24.6 Å². The summed E-state index contributed by atoms with van der Waals surface area (Å²) >= 11 is 0. The first-order valence-electron chi connectivity index (χ1n) is 9.04. The molecule has 1 aromatic carbocycles. The molecule has 11 heteroatoms. The minimum absolute atomic E-state index is 0.122. The number of hydrogen-bond acceptors (Lipinski definition) is 5. The molecule has 2 heterocycles. The SMILES string of the molecule is CCOC(F)(F)c1nnc2cnc(-c3ccc([C@@H](C)OCC(F)(F)F)cc3C)cn12. The summed E-state index contributed by atoms with van der Waals surface area (Å²) in [7, 11) is 0. The van der Waals surface area contributed by atoms with Gasteiger partial charge in [0, 0.05) is 11.8 Å². The third-order valence-corrected chi connectivity index (χ3v) is 4.37. The third-order valence-electron chi connectivity index (χ3n) is 4.37. The van der Waals surface area contributed by atoms with Crippen molar-refractivity contribution in [2.75, 3.05) is 13.2 Å². The van der Waals surface area contributed by atoms with E-state index in [1.807, 2.05) is 0 Å². The maximum absolute atomic E-state index is 14.2. The quantitative estimate of drug-likeness (QED) is 0.503. The minimum Gasteiger partial charge on any atom is -0.364 e. The summed E-state index contributed by atoms with van der Waals surface area (Å²) in [5, 5.41) is 7.19. The van der Waals surface area contributed by atoms with Gasteiger partial charge in [-0.05, 0) is 31.9 Å². The molecule has 0 aliphatic carbocycles. The van der Waals surface area contributed by atoms with Gasteiger partial charge in [0.25, 0.3) is 0 Å². The molecule has 0 spiro atoms. The van der Waals surface area contributed by atoms with Crippen molar-refractivity contribution in [3.05, 3.63) is 47.5 Å². The molecule has 0 bridgehead atoms. The Morgan fingerprint density at radius 3 is 2.50 bits per heavy atom. The first-order valence-corrected chi connectivity index (χ1v) is 9.04. The van der Waals surface area contributed by atoms with Gasteiger partial charge in [-0.15, -0.1) is 10.2 Å². The highest BCUT2D eigenvalue weighted by Gasteiger charge is 2.38. The molecule has 0 N–H and O–H groups in total. The van der Waals surface area contributed by atoms with Crippen LogP contribution in [0.5, 0.6) is 0 Å².